The van der Waals surface area contributed by atoms with Gasteiger partial charge in [0.1, 0.15) is 5.75 Å². The van der Waals surface area contributed by atoms with E-state index in [9.17, 15) is 4.79 Å². The van der Waals surface area contributed by atoms with Gasteiger partial charge in [-0.2, -0.15) is 0 Å². The molecule has 0 aromatic heterocycles. The molecule has 4 heteroatoms. The maximum Gasteiger partial charge on any atom is 0.304 e. The minimum Gasteiger partial charge on any atom is -0.493 e. The van der Waals surface area contributed by atoms with Crippen LogP contribution in [-0.2, 0) is 4.79 Å². The number of para-hydroxylation sites is 1. The molecule has 0 amide bonds. The van der Waals surface area contributed by atoms with Crippen molar-refractivity contribution >= 4 is 5.97 Å². The van der Waals surface area contributed by atoms with Crippen LogP contribution in [0.3, 0.4) is 0 Å². The van der Waals surface area contributed by atoms with Gasteiger partial charge in [-0.1, -0.05) is 18.2 Å². The first-order chi connectivity index (χ1) is 9.38. The van der Waals surface area contributed by atoms with Gasteiger partial charge in [-0.15, -0.1) is 0 Å². The number of nitrogens with zero attached hydrogens (tertiary/aromatic N) is 1. The molecule has 0 radical (unpaired) electrons. The van der Waals surface area contributed by atoms with E-state index in [0.29, 0.717) is 19.1 Å². The van der Waals surface area contributed by atoms with Crippen molar-refractivity contribution in [2.24, 2.45) is 0 Å². The molecule has 1 unspecified atom stereocenters. The monoisotopic (exact) mass is 277 g/mol. The average molecular weight is 277 g/mol. The number of carboxylic acid groups (broad SMARTS) is 1. The van der Waals surface area contributed by atoms with E-state index in [2.05, 4.69) is 31.7 Å². The number of hydrogen-bond acceptors (Lipinski definition) is 3. The molecule has 1 aliphatic heterocycles. The largest absolute Gasteiger partial charge is 0.493 e. The van der Waals surface area contributed by atoms with Crippen molar-refractivity contribution < 1.29 is 14.6 Å². The number of carbonyl (C=O) groups is 1. The van der Waals surface area contributed by atoms with Gasteiger partial charge in [-0.3, -0.25) is 9.69 Å². The highest BCUT2D eigenvalue weighted by Gasteiger charge is 2.30. The third-order valence-corrected chi connectivity index (χ3v) is 3.78. The Morgan fingerprint density at radius 3 is 2.75 bits per heavy atom. The zero-order chi connectivity index (χ0) is 14.8. The highest BCUT2D eigenvalue weighted by molar-refractivity contribution is 5.66. The van der Waals surface area contributed by atoms with E-state index in [-0.39, 0.29) is 12.0 Å². The van der Waals surface area contributed by atoms with E-state index < -0.39 is 5.97 Å². The Balaban J connectivity index is 2.07. The summed E-state index contributed by atoms with van der Waals surface area (Å²) in [5.41, 5.74) is 1.18. The summed E-state index contributed by atoms with van der Waals surface area (Å²) in [6.45, 7) is 8.44. The molecule has 1 aliphatic rings. The maximum absolute atomic E-state index is 10.8. The van der Waals surface area contributed by atoms with Crippen molar-refractivity contribution in [2.45, 2.75) is 38.6 Å². The standard InChI is InChI=1S/C16H23NO3/c1-16(2,3)17(9-8-15(18)19)10-12-11-20-14-7-5-4-6-13(12)14/h4-7,12H,8-11H2,1-3H3,(H,18,19). The van der Waals surface area contributed by atoms with Crippen LogP contribution in [0.25, 0.3) is 0 Å². The second-order valence-electron chi connectivity index (χ2n) is 6.31. The summed E-state index contributed by atoms with van der Waals surface area (Å²) in [4.78, 5) is 13.0. The Morgan fingerprint density at radius 2 is 2.10 bits per heavy atom. The van der Waals surface area contributed by atoms with E-state index in [1.807, 2.05) is 18.2 Å². The molecule has 1 heterocycles. The number of hydrogen-bond donors (Lipinski definition) is 1. The topological polar surface area (TPSA) is 49.8 Å². The lowest BCUT2D eigenvalue weighted by Gasteiger charge is -2.36. The molecule has 2 rings (SSSR count). The lowest BCUT2D eigenvalue weighted by Crippen LogP contribution is -2.45. The smallest absolute Gasteiger partial charge is 0.304 e. The molecule has 0 saturated carbocycles. The first-order valence-corrected chi connectivity index (χ1v) is 7.06. The van der Waals surface area contributed by atoms with Crippen LogP contribution >= 0.6 is 0 Å². The summed E-state index contributed by atoms with van der Waals surface area (Å²) < 4.78 is 5.71. The van der Waals surface area contributed by atoms with Gasteiger partial charge in [-0.25, -0.2) is 0 Å². The molecule has 1 aromatic rings. The number of benzene rings is 1. The zero-order valence-electron chi connectivity index (χ0n) is 12.4. The van der Waals surface area contributed by atoms with Crippen LogP contribution in [0.15, 0.2) is 24.3 Å². The molecule has 1 aromatic carbocycles. The third-order valence-electron chi connectivity index (χ3n) is 3.78. The molecule has 20 heavy (non-hydrogen) atoms. The molecule has 110 valence electrons. The molecular formula is C16H23NO3. The van der Waals surface area contributed by atoms with E-state index in [0.717, 1.165) is 12.3 Å². The van der Waals surface area contributed by atoms with E-state index in [4.69, 9.17) is 9.84 Å². The summed E-state index contributed by atoms with van der Waals surface area (Å²) in [5, 5.41) is 8.90. The predicted molar refractivity (Wildman–Crippen MR) is 78.3 cm³/mol. The molecule has 1 atom stereocenters. The average Bonchev–Trinajstić information content (AvgIpc) is 2.76. The number of ether oxygens (including phenoxy) is 1. The summed E-state index contributed by atoms with van der Waals surface area (Å²) in [5.74, 6) is 0.533. The van der Waals surface area contributed by atoms with Crippen molar-refractivity contribution in [3.63, 3.8) is 0 Å². The van der Waals surface area contributed by atoms with Gasteiger partial charge < -0.3 is 9.84 Å². The van der Waals surface area contributed by atoms with Crippen LogP contribution in [0.1, 0.15) is 38.7 Å². The Labute approximate surface area is 120 Å². The SMILES string of the molecule is CC(C)(C)N(CCC(=O)O)CC1COc2ccccc21. The Hall–Kier alpha value is -1.55. The van der Waals surface area contributed by atoms with E-state index >= 15 is 0 Å². The van der Waals surface area contributed by atoms with Crippen LogP contribution in [0.2, 0.25) is 0 Å². The third kappa shape index (κ3) is 3.51. The quantitative estimate of drug-likeness (QED) is 0.899. The van der Waals surface area contributed by atoms with Gasteiger partial charge >= 0.3 is 5.97 Å². The first-order valence-electron chi connectivity index (χ1n) is 7.06. The fraction of sp³-hybridized carbons (Fsp3) is 0.562. The van der Waals surface area contributed by atoms with Crippen molar-refractivity contribution in [3.05, 3.63) is 29.8 Å². The first kappa shape index (κ1) is 14.9. The minimum absolute atomic E-state index is 0.0486. The summed E-state index contributed by atoms with van der Waals surface area (Å²) in [6, 6.07) is 8.10. The summed E-state index contributed by atoms with van der Waals surface area (Å²) >= 11 is 0. The highest BCUT2D eigenvalue weighted by Crippen LogP contribution is 2.34. The minimum atomic E-state index is -0.748. The van der Waals surface area contributed by atoms with Crippen LogP contribution in [-0.4, -0.2) is 41.2 Å². The van der Waals surface area contributed by atoms with Gasteiger partial charge in [0.2, 0.25) is 0 Å². The van der Waals surface area contributed by atoms with Crippen LogP contribution in [0.4, 0.5) is 0 Å². The van der Waals surface area contributed by atoms with Crippen molar-refractivity contribution in [3.8, 4) is 5.75 Å². The molecule has 4 nitrogen and oxygen atoms in total. The lowest BCUT2D eigenvalue weighted by molar-refractivity contribution is -0.137. The van der Waals surface area contributed by atoms with E-state index in [1.165, 1.54) is 5.56 Å². The highest BCUT2D eigenvalue weighted by atomic mass is 16.5. The van der Waals surface area contributed by atoms with Gasteiger partial charge in [0, 0.05) is 30.1 Å². The molecule has 0 spiro atoms. The number of carboxylic acids is 1. The number of rotatable bonds is 5. The van der Waals surface area contributed by atoms with Crippen molar-refractivity contribution in [1.82, 2.24) is 4.90 Å². The normalized spacial score (nSPS) is 17.9. The second-order valence-corrected chi connectivity index (χ2v) is 6.31. The zero-order valence-corrected chi connectivity index (χ0v) is 12.4. The van der Waals surface area contributed by atoms with Gasteiger partial charge in [0.05, 0.1) is 13.0 Å². The molecular weight excluding hydrogens is 254 g/mol. The summed E-state index contributed by atoms with van der Waals surface area (Å²) in [7, 11) is 0. The van der Waals surface area contributed by atoms with Gasteiger partial charge in [-0.05, 0) is 26.8 Å². The van der Waals surface area contributed by atoms with E-state index in [1.54, 1.807) is 0 Å². The maximum atomic E-state index is 10.8. The van der Waals surface area contributed by atoms with Crippen LogP contribution in [0, 0.1) is 0 Å². The number of aliphatic carboxylic acids is 1. The predicted octanol–water partition coefficient (Wildman–Crippen LogP) is 2.74. The Kier molecular flexibility index (Phi) is 4.33. The van der Waals surface area contributed by atoms with Gasteiger partial charge in [0.25, 0.3) is 0 Å². The molecule has 0 aliphatic carbocycles. The molecule has 0 saturated heterocycles. The van der Waals surface area contributed by atoms with Crippen LogP contribution in [0.5, 0.6) is 5.75 Å². The fourth-order valence-corrected chi connectivity index (χ4v) is 2.58. The molecule has 0 fully saturated rings. The second kappa shape index (κ2) is 5.83. The van der Waals surface area contributed by atoms with Crippen molar-refractivity contribution in [2.75, 3.05) is 19.7 Å². The Morgan fingerprint density at radius 1 is 1.40 bits per heavy atom. The molecule has 0 bridgehead atoms. The number of fused-ring (bicyclic) bond motifs is 1. The fourth-order valence-electron chi connectivity index (χ4n) is 2.58. The summed E-state index contributed by atoms with van der Waals surface area (Å²) in [6.07, 6.45) is 0.173. The van der Waals surface area contributed by atoms with Crippen LogP contribution < -0.4 is 4.74 Å². The van der Waals surface area contributed by atoms with Gasteiger partial charge in [0.15, 0.2) is 0 Å². The molecule has 1 N–H and O–H groups in total. The van der Waals surface area contributed by atoms with Crippen molar-refractivity contribution in [1.29, 1.82) is 0 Å². The lowest BCUT2D eigenvalue weighted by atomic mass is 9.97. The Bertz CT molecular complexity index is 479.